The normalized spacial score (nSPS) is 20.7. The quantitative estimate of drug-likeness (QED) is 0.799. The van der Waals surface area contributed by atoms with E-state index in [4.69, 9.17) is 4.74 Å². The molecular weight excluding hydrogens is 338 g/mol. The smallest absolute Gasteiger partial charge is 0.241 e. The summed E-state index contributed by atoms with van der Waals surface area (Å²) in [6.45, 7) is 3.25. The Kier molecular flexibility index (Phi) is 6.99. The molecule has 1 aromatic rings. The van der Waals surface area contributed by atoms with E-state index in [1.807, 2.05) is 6.07 Å². The molecule has 0 aliphatic carbocycles. The van der Waals surface area contributed by atoms with Gasteiger partial charge in [-0.3, -0.25) is 0 Å². The molecule has 23 heavy (non-hydrogen) atoms. The van der Waals surface area contributed by atoms with E-state index in [1.54, 1.807) is 26.2 Å². The van der Waals surface area contributed by atoms with Gasteiger partial charge in [0.15, 0.2) is 0 Å². The lowest BCUT2D eigenvalue weighted by atomic mass is 9.99. The first-order chi connectivity index (χ1) is 10.4. The minimum Gasteiger partial charge on any atom is -0.383 e. The van der Waals surface area contributed by atoms with Crippen molar-refractivity contribution in [1.29, 1.82) is 5.26 Å². The van der Waals surface area contributed by atoms with Crippen molar-refractivity contribution in [2.75, 3.05) is 26.8 Å². The zero-order valence-corrected chi connectivity index (χ0v) is 14.9. The van der Waals surface area contributed by atoms with Gasteiger partial charge in [-0.15, -0.1) is 12.4 Å². The Morgan fingerprint density at radius 1 is 1.48 bits per heavy atom. The van der Waals surface area contributed by atoms with E-state index in [1.165, 1.54) is 6.07 Å². The largest absolute Gasteiger partial charge is 0.383 e. The van der Waals surface area contributed by atoms with Crippen LogP contribution in [0.4, 0.5) is 0 Å². The van der Waals surface area contributed by atoms with Gasteiger partial charge < -0.3 is 10.1 Å². The predicted octanol–water partition coefficient (Wildman–Crippen LogP) is 1.34. The van der Waals surface area contributed by atoms with Crippen LogP contribution in [0.25, 0.3) is 0 Å². The van der Waals surface area contributed by atoms with Gasteiger partial charge in [-0.25, -0.2) is 13.1 Å². The van der Waals surface area contributed by atoms with E-state index in [0.717, 1.165) is 19.4 Å². The first-order valence-electron chi connectivity index (χ1n) is 7.17. The molecule has 1 saturated heterocycles. The highest BCUT2D eigenvalue weighted by molar-refractivity contribution is 7.89. The Morgan fingerprint density at radius 2 is 2.22 bits per heavy atom. The molecule has 0 radical (unpaired) electrons. The summed E-state index contributed by atoms with van der Waals surface area (Å²) < 4.78 is 32.9. The van der Waals surface area contributed by atoms with Crippen molar-refractivity contribution in [3.63, 3.8) is 0 Å². The van der Waals surface area contributed by atoms with E-state index in [0.29, 0.717) is 12.2 Å². The number of nitriles is 1. The first-order valence-corrected chi connectivity index (χ1v) is 8.66. The van der Waals surface area contributed by atoms with E-state index in [2.05, 4.69) is 10.0 Å². The van der Waals surface area contributed by atoms with Crippen LogP contribution < -0.4 is 10.0 Å². The molecule has 1 fully saturated rings. The van der Waals surface area contributed by atoms with Gasteiger partial charge in [-0.2, -0.15) is 5.26 Å². The second-order valence-electron chi connectivity index (χ2n) is 5.63. The van der Waals surface area contributed by atoms with Crippen LogP contribution in [0, 0.1) is 18.3 Å². The van der Waals surface area contributed by atoms with Gasteiger partial charge in [0.05, 0.1) is 22.6 Å². The zero-order chi connectivity index (χ0) is 16.2. The lowest BCUT2D eigenvalue weighted by molar-refractivity contribution is 0.122. The van der Waals surface area contributed by atoms with E-state index < -0.39 is 10.0 Å². The Morgan fingerprint density at radius 3 is 2.78 bits per heavy atom. The Balaban J connectivity index is 0.00000264. The summed E-state index contributed by atoms with van der Waals surface area (Å²) in [6, 6.07) is 6.80. The second kappa shape index (κ2) is 8.08. The molecule has 1 heterocycles. The number of rotatable bonds is 6. The van der Waals surface area contributed by atoms with Crippen LogP contribution in [-0.4, -0.2) is 40.8 Å². The molecule has 1 unspecified atom stereocenters. The fourth-order valence-corrected chi connectivity index (χ4v) is 4.14. The molecule has 1 aliphatic heterocycles. The molecule has 128 valence electrons. The van der Waals surface area contributed by atoms with Crippen LogP contribution in [0.5, 0.6) is 0 Å². The van der Waals surface area contributed by atoms with E-state index in [9.17, 15) is 13.7 Å². The summed E-state index contributed by atoms with van der Waals surface area (Å²) in [7, 11) is -2.14. The monoisotopic (exact) mass is 359 g/mol. The Labute approximate surface area is 143 Å². The molecule has 0 spiro atoms. The van der Waals surface area contributed by atoms with Crippen LogP contribution >= 0.6 is 12.4 Å². The van der Waals surface area contributed by atoms with Crippen molar-refractivity contribution in [3.8, 4) is 6.07 Å². The highest BCUT2D eigenvalue weighted by Crippen LogP contribution is 2.22. The number of ether oxygens (including phenoxy) is 1. The molecular formula is C15H22ClN3O3S. The predicted molar refractivity (Wildman–Crippen MR) is 90.2 cm³/mol. The number of benzene rings is 1. The Bertz CT molecular complexity index is 680. The molecule has 0 amide bonds. The summed E-state index contributed by atoms with van der Waals surface area (Å²) >= 11 is 0. The van der Waals surface area contributed by atoms with Gasteiger partial charge in [0.25, 0.3) is 0 Å². The van der Waals surface area contributed by atoms with Crippen LogP contribution in [0.3, 0.4) is 0 Å². The standard InChI is InChI=1S/C15H21N3O3S.ClH/c1-12-5-3-6-14(13(12)9-16)22(19,20)18-10-15(11-21-2)7-4-8-17-15;/h3,5-6,17-18H,4,7-8,10-11H2,1-2H3;1H. The molecule has 2 rings (SSSR count). The fraction of sp³-hybridized carbons (Fsp3) is 0.533. The van der Waals surface area contributed by atoms with Gasteiger partial charge in [-0.05, 0) is 37.9 Å². The van der Waals surface area contributed by atoms with Crippen molar-refractivity contribution < 1.29 is 13.2 Å². The number of methoxy groups -OCH3 is 1. The lowest BCUT2D eigenvalue weighted by Gasteiger charge is -2.29. The molecule has 8 heteroatoms. The van der Waals surface area contributed by atoms with Crippen molar-refractivity contribution in [2.45, 2.75) is 30.2 Å². The van der Waals surface area contributed by atoms with Crippen molar-refractivity contribution in [3.05, 3.63) is 29.3 Å². The maximum Gasteiger partial charge on any atom is 0.241 e. The molecule has 0 bridgehead atoms. The minimum absolute atomic E-state index is 0. The summed E-state index contributed by atoms with van der Waals surface area (Å²) in [4.78, 5) is 0.0283. The van der Waals surface area contributed by atoms with Crippen LogP contribution in [0.15, 0.2) is 23.1 Å². The van der Waals surface area contributed by atoms with Crippen molar-refractivity contribution in [2.24, 2.45) is 0 Å². The van der Waals surface area contributed by atoms with Crippen molar-refractivity contribution >= 4 is 22.4 Å². The average molecular weight is 360 g/mol. The third-order valence-electron chi connectivity index (χ3n) is 3.99. The van der Waals surface area contributed by atoms with Gasteiger partial charge in [0.2, 0.25) is 10.0 Å². The number of hydrogen-bond donors (Lipinski definition) is 2. The van der Waals surface area contributed by atoms with E-state index in [-0.39, 0.29) is 34.9 Å². The lowest BCUT2D eigenvalue weighted by Crippen LogP contribution is -2.52. The molecule has 1 aromatic carbocycles. The Hall–Kier alpha value is -1.17. The minimum atomic E-state index is -3.74. The van der Waals surface area contributed by atoms with Gasteiger partial charge in [-0.1, -0.05) is 12.1 Å². The summed E-state index contributed by atoms with van der Waals surface area (Å²) in [5, 5.41) is 12.5. The summed E-state index contributed by atoms with van der Waals surface area (Å²) in [6.07, 6.45) is 1.83. The van der Waals surface area contributed by atoms with Crippen LogP contribution in [0.2, 0.25) is 0 Å². The molecule has 6 nitrogen and oxygen atoms in total. The fourth-order valence-electron chi connectivity index (χ4n) is 2.79. The average Bonchev–Trinajstić information content (AvgIpc) is 2.94. The molecule has 2 N–H and O–H groups in total. The first kappa shape index (κ1) is 19.9. The third kappa shape index (κ3) is 4.43. The number of halogens is 1. The number of nitrogens with one attached hydrogen (secondary N) is 2. The number of sulfonamides is 1. The topological polar surface area (TPSA) is 91.2 Å². The maximum absolute atomic E-state index is 12.5. The highest BCUT2D eigenvalue weighted by atomic mass is 35.5. The van der Waals surface area contributed by atoms with Gasteiger partial charge >= 0.3 is 0 Å². The second-order valence-corrected chi connectivity index (χ2v) is 7.36. The highest BCUT2D eigenvalue weighted by Gasteiger charge is 2.35. The molecule has 0 aromatic heterocycles. The van der Waals surface area contributed by atoms with Gasteiger partial charge in [0, 0.05) is 13.7 Å². The van der Waals surface area contributed by atoms with Crippen LogP contribution in [-0.2, 0) is 14.8 Å². The van der Waals surface area contributed by atoms with Gasteiger partial charge in [0.1, 0.15) is 6.07 Å². The third-order valence-corrected chi connectivity index (χ3v) is 5.43. The number of hydrogen-bond acceptors (Lipinski definition) is 5. The molecule has 0 saturated carbocycles. The van der Waals surface area contributed by atoms with E-state index >= 15 is 0 Å². The van der Waals surface area contributed by atoms with Crippen LogP contribution in [0.1, 0.15) is 24.0 Å². The van der Waals surface area contributed by atoms with Crippen molar-refractivity contribution in [1.82, 2.24) is 10.0 Å². The SMILES string of the molecule is COCC1(CNS(=O)(=O)c2cccc(C)c2C#N)CCCN1.Cl. The number of aryl methyl sites for hydroxylation is 1. The number of nitrogens with zero attached hydrogens (tertiary/aromatic N) is 1. The summed E-state index contributed by atoms with van der Waals surface area (Å²) in [5.74, 6) is 0. The molecule has 1 aliphatic rings. The summed E-state index contributed by atoms with van der Waals surface area (Å²) in [5.41, 5.74) is 0.462. The molecule has 1 atom stereocenters. The maximum atomic E-state index is 12.5. The zero-order valence-electron chi connectivity index (χ0n) is 13.3.